The molecule has 0 bridgehead atoms. The van der Waals surface area contributed by atoms with Crippen LogP contribution < -0.4 is 0 Å². The summed E-state index contributed by atoms with van der Waals surface area (Å²) in [5.41, 5.74) is 3.39. The minimum Gasteiger partial charge on any atom is -0.456 e. The number of hydrogen-bond donors (Lipinski definition) is 1. The highest BCUT2D eigenvalue weighted by Crippen LogP contribution is 2.30. The molecule has 3 nitrogen and oxygen atoms in total. The zero-order valence-electron chi connectivity index (χ0n) is 13.4. The molecule has 4 rings (SSSR count). The van der Waals surface area contributed by atoms with Gasteiger partial charge < -0.3 is 9.72 Å². The van der Waals surface area contributed by atoms with Crippen LogP contribution in [0.5, 0.6) is 0 Å². The van der Waals surface area contributed by atoms with Crippen molar-refractivity contribution < 1.29 is 9.53 Å². The van der Waals surface area contributed by atoms with Crippen molar-refractivity contribution >= 4 is 27.6 Å². The van der Waals surface area contributed by atoms with Crippen LogP contribution in [0.2, 0.25) is 0 Å². The predicted molar refractivity (Wildman–Crippen MR) is 96.1 cm³/mol. The predicted octanol–water partition coefficient (Wildman–Crippen LogP) is 4.99. The molecule has 1 heterocycles. The fraction of sp³-hybridized carbons (Fsp3) is 0.0952. The number of carbonyl (C=O) groups is 1. The van der Waals surface area contributed by atoms with Crippen LogP contribution in [0, 0.1) is 6.92 Å². The molecule has 0 radical (unpaired) electrons. The number of carbonyl (C=O) groups excluding carboxylic acids is 1. The smallest absolute Gasteiger partial charge is 0.355 e. The Kier molecular flexibility index (Phi) is 3.54. The SMILES string of the molecule is Cc1c(C(=O)OCc2ccccc2)[nH]c2ccc3ccccc3c12. The topological polar surface area (TPSA) is 42.1 Å². The van der Waals surface area contributed by atoms with Gasteiger partial charge in [0.05, 0.1) is 0 Å². The van der Waals surface area contributed by atoms with Gasteiger partial charge in [-0.2, -0.15) is 0 Å². The number of aromatic amines is 1. The van der Waals surface area contributed by atoms with Crippen molar-refractivity contribution in [3.63, 3.8) is 0 Å². The van der Waals surface area contributed by atoms with Crippen LogP contribution in [0.25, 0.3) is 21.7 Å². The van der Waals surface area contributed by atoms with Gasteiger partial charge in [-0.15, -0.1) is 0 Å². The number of ether oxygens (including phenoxy) is 1. The van der Waals surface area contributed by atoms with Crippen molar-refractivity contribution in [1.29, 1.82) is 0 Å². The van der Waals surface area contributed by atoms with Gasteiger partial charge in [-0.05, 0) is 34.9 Å². The molecular weight excluding hydrogens is 298 g/mol. The second-order valence-electron chi connectivity index (χ2n) is 5.90. The monoisotopic (exact) mass is 315 g/mol. The van der Waals surface area contributed by atoms with Gasteiger partial charge in [0.2, 0.25) is 0 Å². The number of hydrogen-bond acceptors (Lipinski definition) is 2. The molecule has 0 unspecified atom stereocenters. The van der Waals surface area contributed by atoms with Gasteiger partial charge in [0.15, 0.2) is 0 Å². The van der Waals surface area contributed by atoms with E-state index in [0.29, 0.717) is 5.69 Å². The fourth-order valence-corrected chi connectivity index (χ4v) is 3.13. The third kappa shape index (κ3) is 2.44. The van der Waals surface area contributed by atoms with E-state index in [4.69, 9.17) is 4.74 Å². The van der Waals surface area contributed by atoms with Gasteiger partial charge in [-0.1, -0.05) is 60.7 Å². The van der Waals surface area contributed by atoms with Crippen molar-refractivity contribution in [3.05, 3.63) is 83.6 Å². The molecule has 24 heavy (non-hydrogen) atoms. The van der Waals surface area contributed by atoms with Crippen LogP contribution in [0.15, 0.2) is 66.7 Å². The highest BCUT2D eigenvalue weighted by molar-refractivity contribution is 6.11. The van der Waals surface area contributed by atoms with Crippen molar-refractivity contribution in [2.75, 3.05) is 0 Å². The molecule has 4 aromatic rings. The molecule has 3 heteroatoms. The van der Waals surface area contributed by atoms with Crippen LogP contribution >= 0.6 is 0 Å². The molecule has 0 spiro atoms. The Morgan fingerprint density at radius 1 is 0.958 bits per heavy atom. The van der Waals surface area contributed by atoms with Gasteiger partial charge in [0.1, 0.15) is 12.3 Å². The first-order valence-corrected chi connectivity index (χ1v) is 7.95. The van der Waals surface area contributed by atoms with E-state index in [1.807, 2.05) is 55.5 Å². The van der Waals surface area contributed by atoms with Gasteiger partial charge in [-0.3, -0.25) is 0 Å². The summed E-state index contributed by atoms with van der Waals surface area (Å²) < 4.78 is 5.47. The van der Waals surface area contributed by atoms with E-state index >= 15 is 0 Å². The average Bonchev–Trinajstić information content (AvgIpc) is 2.98. The second kappa shape index (κ2) is 5.85. The fourth-order valence-electron chi connectivity index (χ4n) is 3.13. The lowest BCUT2D eigenvalue weighted by Crippen LogP contribution is -2.07. The Morgan fingerprint density at radius 2 is 1.71 bits per heavy atom. The number of esters is 1. The first-order chi connectivity index (χ1) is 11.7. The lowest BCUT2D eigenvalue weighted by Gasteiger charge is -2.04. The van der Waals surface area contributed by atoms with Crippen molar-refractivity contribution in [2.24, 2.45) is 0 Å². The lowest BCUT2D eigenvalue weighted by molar-refractivity contribution is 0.0466. The summed E-state index contributed by atoms with van der Waals surface area (Å²) >= 11 is 0. The maximum atomic E-state index is 12.5. The lowest BCUT2D eigenvalue weighted by atomic mass is 10.0. The van der Waals surface area contributed by atoms with E-state index < -0.39 is 0 Å². The number of rotatable bonds is 3. The van der Waals surface area contributed by atoms with Gasteiger partial charge in [0.25, 0.3) is 0 Å². The number of fused-ring (bicyclic) bond motifs is 3. The maximum absolute atomic E-state index is 12.5. The molecule has 0 aliphatic heterocycles. The Morgan fingerprint density at radius 3 is 2.54 bits per heavy atom. The van der Waals surface area contributed by atoms with E-state index in [1.54, 1.807) is 0 Å². The summed E-state index contributed by atoms with van der Waals surface area (Å²) in [6.45, 7) is 2.24. The van der Waals surface area contributed by atoms with Crippen LogP contribution in [0.3, 0.4) is 0 Å². The Bertz CT molecular complexity index is 1030. The normalized spacial score (nSPS) is 11.0. The van der Waals surface area contributed by atoms with E-state index in [0.717, 1.165) is 32.8 Å². The quantitative estimate of drug-likeness (QED) is 0.541. The number of H-pyrrole nitrogens is 1. The molecule has 0 saturated heterocycles. The van der Waals surface area contributed by atoms with Crippen LogP contribution in [0.4, 0.5) is 0 Å². The molecule has 0 saturated carbocycles. The molecule has 1 aromatic heterocycles. The molecule has 0 fully saturated rings. The molecule has 3 aromatic carbocycles. The Labute approximate surface area is 139 Å². The summed E-state index contributed by atoms with van der Waals surface area (Å²) in [6.07, 6.45) is 0. The van der Waals surface area contributed by atoms with Gasteiger partial charge >= 0.3 is 5.97 Å². The molecule has 0 aliphatic rings. The van der Waals surface area contributed by atoms with Crippen LogP contribution in [0.1, 0.15) is 21.6 Å². The summed E-state index contributed by atoms with van der Waals surface area (Å²) in [5.74, 6) is -0.323. The number of nitrogens with one attached hydrogen (secondary N) is 1. The summed E-state index contributed by atoms with van der Waals surface area (Å²) in [4.78, 5) is 15.7. The van der Waals surface area contributed by atoms with Crippen molar-refractivity contribution in [1.82, 2.24) is 4.98 Å². The van der Waals surface area contributed by atoms with Crippen LogP contribution in [-0.2, 0) is 11.3 Å². The Hall–Kier alpha value is -3.07. The number of benzene rings is 3. The van der Waals surface area contributed by atoms with Gasteiger partial charge in [0, 0.05) is 10.9 Å². The van der Waals surface area contributed by atoms with Crippen LogP contribution in [-0.4, -0.2) is 11.0 Å². The first-order valence-electron chi connectivity index (χ1n) is 7.95. The van der Waals surface area contributed by atoms with E-state index in [9.17, 15) is 4.79 Å². The summed E-state index contributed by atoms with van der Waals surface area (Å²) in [6, 6.07) is 22.0. The molecule has 1 N–H and O–H groups in total. The highest BCUT2D eigenvalue weighted by Gasteiger charge is 2.17. The summed E-state index contributed by atoms with van der Waals surface area (Å²) in [5, 5.41) is 3.39. The standard InChI is InChI=1S/C21H17NO2/c1-14-19-17-10-6-5-9-16(17)11-12-18(19)22-20(14)21(23)24-13-15-7-3-2-4-8-15/h2-12,22H,13H2,1H3. The zero-order valence-corrected chi connectivity index (χ0v) is 13.4. The minimum absolute atomic E-state index is 0.273. The number of aromatic nitrogens is 1. The van der Waals surface area contributed by atoms with Crippen molar-refractivity contribution in [3.8, 4) is 0 Å². The largest absolute Gasteiger partial charge is 0.456 e. The van der Waals surface area contributed by atoms with Crippen molar-refractivity contribution in [2.45, 2.75) is 13.5 Å². The molecule has 118 valence electrons. The highest BCUT2D eigenvalue weighted by atomic mass is 16.5. The molecule has 0 amide bonds. The third-order valence-corrected chi connectivity index (χ3v) is 4.36. The minimum atomic E-state index is -0.323. The second-order valence-corrected chi connectivity index (χ2v) is 5.90. The maximum Gasteiger partial charge on any atom is 0.355 e. The molecule has 0 aliphatic carbocycles. The molecular formula is C21H17NO2. The summed E-state index contributed by atoms with van der Waals surface area (Å²) in [7, 11) is 0. The number of aryl methyl sites for hydroxylation is 1. The molecule has 0 atom stereocenters. The van der Waals surface area contributed by atoms with E-state index in [-0.39, 0.29) is 12.6 Å². The Balaban J connectivity index is 1.70. The third-order valence-electron chi connectivity index (χ3n) is 4.36. The average molecular weight is 315 g/mol. The van der Waals surface area contributed by atoms with E-state index in [2.05, 4.69) is 23.2 Å². The van der Waals surface area contributed by atoms with E-state index in [1.165, 1.54) is 0 Å². The first kappa shape index (κ1) is 14.5. The van der Waals surface area contributed by atoms with Gasteiger partial charge in [-0.25, -0.2) is 4.79 Å². The zero-order chi connectivity index (χ0) is 16.5.